The number of rotatable bonds is 10. The highest BCUT2D eigenvalue weighted by atomic mass is 16.6. The number of Topliss-reactive ketones (excluding diaryl/α,β-unsaturated/α-hetero) is 1. The van der Waals surface area contributed by atoms with E-state index < -0.39 is 125 Å². The topological polar surface area (TPSA) is 262 Å². The molecule has 0 radical (unpaired) electrons. The normalized spacial score (nSPS) is 32.4. The molecule has 4 aliphatic rings. The lowest BCUT2D eigenvalue weighted by molar-refractivity contribution is -0.369. The molecule has 6 N–H and O–H groups in total. The third-order valence-corrected chi connectivity index (χ3v) is 13.6. The molecule has 1 aliphatic heterocycles. The van der Waals surface area contributed by atoms with Gasteiger partial charge < -0.3 is 54.5 Å². The molecule has 64 heavy (non-hydrogen) atoms. The first kappa shape index (κ1) is 46.0. The molecule has 0 aromatic heterocycles. The van der Waals surface area contributed by atoms with Crippen molar-refractivity contribution in [1.82, 2.24) is 5.32 Å². The van der Waals surface area contributed by atoms with E-state index in [0.717, 1.165) is 13.8 Å². The minimum Gasteiger partial charge on any atom is -0.508 e. The number of hydrogen-bond donors (Lipinski definition) is 6. The Balaban J connectivity index is 1.40. The number of carbonyl (C=O) groups is 6. The maximum atomic E-state index is 15.5. The Kier molecular flexibility index (Phi) is 12.1. The number of benzene rings is 3. The highest BCUT2D eigenvalue weighted by Gasteiger charge is 2.80. The fourth-order valence-electron chi connectivity index (χ4n) is 10.3. The van der Waals surface area contributed by atoms with Crippen LogP contribution in [0.15, 0.2) is 96.1 Å². The minimum absolute atomic E-state index is 0.00259. The van der Waals surface area contributed by atoms with Gasteiger partial charge in [-0.2, -0.15) is 0 Å². The fraction of sp³-hybridized carbons (Fsp3) is 0.447. The number of esters is 4. The predicted molar refractivity (Wildman–Crippen MR) is 221 cm³/mol. The summed E-state index contributed by atoms with van der Waals surface area (Å²) in [5, 5.41) is 61.8. The largest absolute Gasteiger partial charge is 0.508 e. The molecule has 3 aromatic rings. The number of aliphatic hydroxyl groups is 4. The second-order valence-electron chi connectivity index (χ2n) is 17.7. The number of ketones is 1. The lowest BCUT2D eigenvalue weighted by Crippen LogP contribution is -2.85. The van der Waals surface area contributed by atoms with E-state index in [1.165, 1.54) is 76.2 Å². The molecule has 3 aromatic carbocycles. The van der Waals surface area contributed by atoms with Crippen molar-refractivity contribution in [2.75, 3.05) is 6.61 Å². The van der Waals surface area contributed by atoms with Gasteiger partial charge in [0.15, 0.2) is 23.6 Å². The van der Waals surface area contributed by atoms with Crippen LogP contribution in [-0.2, 0) is 42.9 Å². The first-order valence-electron chi connectivity index (χ1n) is 20.7. The zero-order valence-electron chi connectivity index (χ0n) is 35.9. The Morgan fingerprint density at radius 3 is 1.97 bits per heavy atom. The summed E-state index contributed by atoms with van der Waals surface area (Å²) in [6.07, 6.45) is -13.8. The van der Waals surface area contributed by atoms with Gasteiger partial charge in [-0.15, -0.1) is 0 Å². The standard InChI is InChI=1S/C47H51NO16/c1-23-30(62-43(58)33(52)32(26-17-19-29(51)20-18-26)48-41(56)27-13-9-7-10-14-27)21-47(59)40(63-42(57)28-15-11-8-12-16-28)36-45(6,38(55)35(61-24(2)49)31(23)44(47,4)5)37(54)34(53)39-46(36,22-60-39)64-25(3)50/h7-20,30,32-37,39-40,51-54,59H,21-22H2,1-6H3,(H,48,56). The summed E-state index contributed by atoms with van der Waals surface area (Å²) in [6, 6.07) is 19.4. The summed E-state index contributed by atoms with van der Waals surface area (Å²) in [7, 11) is 0. The van der Waals surface area contributed by atoms with E-state index >= 15 is 4.79 Å². The molecule has 12 atom stereocenters. The number of nitrogens with one attached hydrogen (secondary N) is 1. The average Bonchev–Trinajstić information content (AvgIpc) is 3.24. The number of aliphatic hydroxyl groups excluding tert-OH is 3. The number of fused-ring (bicyclic) bond motifs is 5. The van der Waals surface area contributed by atoms with Crippen LogP contribution >= 0.6 is 0 Å². The Morgan fingerprint density at radius 2 is 1.42 bits per heavy atom. The second-order valence-corrected chi connectivity index (χ2v) is 17.7. The predicted octanol–water partition coefficient (Wildman–Crippen LogP) is 2.41. The first-order valence-corrected chi connectivity index (χ1v) is 20.7. The monoisotopic (exact) mass is 885 g/mol. The molecule has 2 bridgehead atoms. The molecule has 1 saturated heterocycles. The number of amides is 1. The van der Waals surface area contributed by atoms with Crippen LogP contribution in [0.4, 0.5) is 0 Å². The van der Waals surface area contributed by atoms with Gasteiger partial charge >= 0.3 is 23.9 Å². The number of ether oxygens (including phenoxy) is 5. The highest BCUT2D eigenvalue weighted by Crippen LogP contribution is 2.64. The van der Waals surface area contributed by atoms with E-state index in [2.05, 4.69) is 5.32 Å². The summed E-state index contributed by atoms with van der Waals surface area (Å²) >= 11 is 0. The van der Waals surface area contributed by atoms with Crippen LogP contribution in [0, 0.1) is 16.7 Å². The Bertz CT molecular complexity index is 2370. The van der Waals surface area contributed by atoms with Crippen molar-refractivity contribution in [3.8, 4) is 5.75 Å². The van der Waals surface area contributed by atoms with Crippen molar-refractivity contribution in [1.29, 1.82) is 0 Å². The second kappa shape index (κ2) is 16.9. The van der Waals surface area contributed by atoms with Crippen LogP contribution in [0.25, 0.3) is 0 Å². The van der Waals surface area contributed by atoms with E-state index in [1.807, 2.05) is 0 Å². The first-order chi connectivity index (χ1) is 30.1. The average molecular weight is 886 g/mol. The van der Waals surface area contributed by atoms with Crippen molar-refractivity contribution in [2.45, 2.75) is 108 Å². The molecule has 1 heterocycles. The Labute approximate surface area is 367 Å². The molecule has 340 valence electrons. The minimum atomic E-state index is -2.51. The third kappa shape index (κ3) is 7.44. The molecular formula is C47H51NO16. The highest BCUT2D eigenvalue weighted by molar-refractivity contribution is 5.96. The molecule has 12 unspecified atom stereocenters. The molecular weight excluding hydrogens is 835 g/mol. The van der Waals surface area contributed by atoms with E-state index in [9.17, 15) is 49.5 Å². The zero-order valence-corrected chi connectivity index (χ0v) is 35.9. The maximum Gasteiger partial charge on any atom is 0.338 e. The molecule has 2 saturated carbocycles. The SMILES string of the molecule is CC(=O)OC1C(=O)C2(C)C(O)C(O)C3OCC3(OC(C)=O)C2C(OC(=O)c2ccccc2)C2(O)CC(OC(=O)C(O)C(NC(=O)c3ccccc3)c3ccc(O)cc3)C(C)=C1C2(C)C. The summed E-state index contributed by atoms with van der Waals surface area (Å²) in [5.74, 6) is -7.83. The van der Waals surface area contributed by atoms with Gasteiger partial charge in [0, 0.05) is 31.2 Å². The third-order valence-electron chi connectivity index (χ3n) is 13.6. The van der Waals surface area contributed by atoms with Crippen LogP contribution in [-0.4, -0.2) is 122 Å². The van der Waals surface area contributed by atoms with Crippen LogP contribution in [0.2, 0.25) is 0 Å². The van der Waals surface area contributed by atoms with Crippen molar-refractivity contribution >= 4 is 35.6 Å². The number of carbonyl (C=O) groups excluding carboxylic acids is 6. The van der Waals surface area contributed by atoms with Gasteiger partial charge in [0.05, 0.1) is 35.6 Å². The number of hydrogen-bond acceptors (Lipinski definition) is 16. The van der Waals surface area contributed by atoms with Crippen molar-refractivity contribution in [3.05, 3.63) is 113 Å². The quantitative estimate of drug-likeness (QED) is 0.0970. The van der Waals surface area contributed by atoms with Crippen molar-refractivity contribution < 1.29 is 78.0 Å². The van der Waals surface area contributed by atoms with Gasteiger partial charge in [0.2, 0.25) is 0 Å². The number of phenols is 1. The van der Waals surface area contributed by atoms with Crippen LogP contribution < -0.4 is 5.32 Å². The van der Waals surface area contributed by atoms with Crippen LogP contribution in [0.5, 0.6) is 5.75 Å². The van der Waals surface area contributed by atoms with Gasteiger partial charge in [-0.25, -0.2) is 9.59 Å². The van der Waals surface area contributed by atoms with Crippen LogP contribution in [0.3, 0.4) is 0 Å². The lowest BCUT2D eigenvalue weighted by atomic mass is 9.44. The molecule has 7 rings (SSSR count). The smallest absolute Gasteiger partial charge is 0.338 e. The van der Waals surface area contributed by atoms with E-state index in [-0.39, 0.29) is 33.6 Å². The van der Waals surface area contributed by atoms with Gasteiger partial charge in [0.25, 0.3) is 5.91 Å². The van der Waals surface area contributed by atoms with E-state index in [4.69, 9.17) is 23.7 Å². The molecule has 17 heteroatoms. The Hall–Kier alpha value is -5.98. The molecule has 17 nitrogen and oxygen atoms in total. The lowest BCUT2D eigenvalue weighted by Gasteiger charge is -2.68. The van der Waals surface area contributed by atoms with E-state index in [0.29, 0.717) is 0 Å². The van der Waals surface area contributed by atoms with Gasteiger partial charge in [-0.05, 0) is 67.0 Å². The fourth-order valence-corrected chi connectivity index (χ4v) is 10.3. The molecule has 3 aliphatic carbocycles. The maximum absolute atomic E-state index is 15.5. The van der Waals surface area contributed by atoms with Crippen LogP contribution in [0.1, 0.15) is 80.3 Å². The van der Waals surface area contributed by atoms with Crippen molar-refractivity contribution in [3.63, 3.8) is 0 Å². The zero-order chi connectivity index (χ0) is 46.7. The summed E-state index contributed by atoms with van der Waals surface area (Å²) in [4.78, 5) is 83.6. The molecule has 3 fully saturated rings. The summed E-state index contributed by atoms with van der Waals surface area (Å²) < 4.78 is 29.9. The van der Waals surface area contributed by atoms with Gasteiger partial charge in [-0.1, -0.05) is 62.4 Å². The Morgan fingerprint density at radius 1 is 0.828 bits per heavy atom. The summed E-state index contributed by atoms with van der Waals surface area (Å²) in [5.41, 5.74) is -8.35. The number of phenolic OH excluding ortho intramolecular Hbond substituents is 1. The molecule has 0 spiro atoms. The van der Waals surface area contributed by atoms with Crippen molar-refractivity contribution in [2.24, 2.45) is 16.7 Å². The number of aromatic hydroxyl groups is 1. The van der Waals surface area contributed by atoms with Gasteiger partial charge in [-0.3, -0.25) is 19.2 Å². The van der Waals surface area contributed by atoms with Gasteiger partial charge in [0.1, 0.15) is 35.8 Å². The van der Waals surface area contributed by atoms with E-state index in [1.54, 1.807) is 36.4 Å². The molecule has 1 amide bonds. The summed E-state index contributed by atoms with van der Waals surface area (Å²) in [6.45, 7) is 7.27.